The van der Waals surface area contributed by atoms with E-state index in [1.165, 1.54) is 23.5 Å². The third kappa shape index (κ3) is 4.32. The monoisotopic (exact) mass is 386 g/mol. The minimum absolute atomic E-state index is 0.652. The Labute approximate surface area is 160 Å². The number of terminal acetylenes is 1. The summed E-state index contributed by atoms with van der Waals surface area (Å²) in [4.78, 5) is 7.67. The van der Waals surface area contributed by atoms with Crippen LogP contribution in [0.15, 0.2) is 48.5 Å². The third-order valence-corrected chi connectivity index (χ3v) is 5.40. The molecule has 0 radical (unpaired) electrons. The lowest BCUT2D eigenvalue weighted by Gasteiger charge is -2.18. The first-order chi connectivity index (χ1) is 12.8. The zero-order valence-electron chi connectivity index (χ0n) is 14.8. The van der Waals surface area contributed by atoms with Gasteiger partial charge < -0.3 is 4.90 Å². The molecular formula is C21H17F3N2S. The number of anilines is 1. The van der Waals surface area contributed by atoms with Crippen molar-refractivity contribution in [1.29, 1.82) is 0 Å². The first-order valence-electron chi connectivity index (χ1n) is 8.19. The lowest BCUT2D eigenvalue weighted by Crippen LogP contribution is -2.16. The Balaban J connectivity index is 1.78. The van der Waals surface area contributed by atoms with Gasteiger partial charge in [0.15, 0.2) is 0 Å². The van der Waals surface area contributed by atoms with E-state index in [2.05, 4.69) is 15.8 Å². The fourth-order valence-electron chi connectivity index (χ4n) is 2.62. The van der Waals surface area contributed by atoms with Gasteiger partial charge in [-0.3, -0.25) is 0 Å². The van der Waals surface area contributed by atoms with Gasteiger partial charge in [0.25, 0.3) is 0 Å². The summed E-state index contributed by atoms with van der Waals surface area (Å²) in [5.41, 5.74) is 2.75. The van der Waals surface area contributed by atoms with E-state index >= 15 is 0 Å². The van der Waals surface area contributed by atoms with Crippen molar-refractivity contribution in [1.82, 2.24) is 4.98 Å². The highest BCUT2D eigenvalue weighted by molar-refractivity contribution is 7.15. The van der Waals surface area contributed by atoms with E-state index in [-0.39, 0.29) is 0 Å². The van der Waals surface area contributed by atoms with Crippen molar-refractivity contribution < 1.29 is 13.2 Å². The normalized spacial score (nSPS) is 11.3. The number of aryl methyl sites for hydroxylation is 1. The van der Waals surface area contributed by atoms with Crippen LogP contribution in [0.2, 0.25) is 0 Å². The third-order valence-electron chi connectivity index (χ3n) is 4.21. The predicted molar refractivity (Wildman–Crippen MR) is 104 cm³/mol. The zero-order chi connectivity index (χ0) is 19.6. The van der Waals surface area contributed by atoms with Gasteiger partial charge in [-0.25, -0.2) is 4.98 Å². The zero-order valence-corrected chi connectivity index (χ0v) is 15.7. The molecule has 1 aromatic heterocycles. The molecule has 2 nitrogen and oxygen atoms in total. The van der Waals surface area contributed by atoms with Crippen LogP contribution in [0.5, 0.6) is 0 Å². The molecule has 138 valence electrons. The van der Waals surface area contributed by atoms with Gasteiger partial charge in [-0.05, 0) is 43.3 Å². The molecule has 0 bridgehead atoms. The van der Waals surface area contributed by atoms with Crippen molar-refractivity contribution >= 4 is 17.0 Å². The quantitative estimate of drug-likeness (QED) is 0.531. The summed E-state index contributed by atoms with van der Waals surface area (Å²) in [5, 5.41) is 0.715. The highest BCUT2D eigenvalue weighted by atomic mass is 32.1. The number of alkyl halides is 3. The molecule has 3 aromatic rings. The van der Waals surface area contributed by atoms with E-state index in [0.717, 1.165) is 34.0 Å². The van der Waals surface area contributed by atoms with Crippen molar-refractivity contribution in [2.24, 2.45) is 0 Å². The van der Waals surface area contributed by atoms with Gasteiger partial charge in [0.1, 0.15) is 5.01 Å². The minimum Gasteiger partial charge on any atom is -0.369 e. The maximum Gasteiger partial charge on any atom is 0.416 e. The van der Waals surface area contributed by atoms with E-state index < -0.39 is 11.7 Å². The molecule has 0 unspecified atom stereocenters. The van der Waals surface area contributed by atoms with Gasteiger partial charge in [-0.1, -0.05) is 18.1 Å². The molecule has 0 N–H and O–H groups in total. The number of hydrogen-bond acceptors (Lipinski definition) is 3. The maximum absolute atomic E-state index is 12.7. The predicted octanol–water partition coefficient (Wildman–Crippen LogP) is 5.76. The molecule has 0 saturated carbocycles. The number of hydrogen-bond donors (Lipinski definition) is 0. The second kappa shape index (κ2) is 7.45. The van der Waals surface area contributed by atoms with Crippen LogP contribution < -0.4 is 4.90 Å². The van der Waals surface area contributed by atoms with Crippen LogP contribution in [0, 0.1) is 19.3 Å². The Kier molecular flexibility index (Phi) is 5.24. The molecule has 0 atom stereocenters. The Morgan fingerprint density at radius 3 is 2.26 bits per heavy atom. The number of nitrogens with zero attached hydrogens (tertiary/aromatic N) is 2. The topological polar surface area (TPSA) is 16.1 Å². The number of halogens is 3. The lowest BCUT2D eigenvalue weighted by atomic mass is 10.1. The Bertz CT molecular complexity index is 965. The van der Waals surface area contributed by atoms with Crippen molar-refractivity contribution in [3.63, 3.8) is 0 Å². The molecule has 1 heterocycles. The van der Waals surface area contributed by atoms with E-state index in [9.17, 15) is 13.2 Å². The van der Waals surface area contributed by atoms with E-state index in [0.29, 0.717) is 17.1 Å². The Hall–Kier alpha value is -2.78. The summed E-state index contributed by atoms with van der Waals surface area (Å²) >= 11 is 1.49. The first kappa shape index (κ1) is 19.0. The van der Waals surface area contributed by atoms with Gasteiger partial charge in [-0.15, -0.1) is 17.8 Å². The highest BCUT2D eigenvalue weighted by Gasteiger charge is 2.30. The number of benzene rings is 2. The summed E-state index contributed by atoms with van der Waals surface area (Å²) in [5.74, 6) is 2.59. The van der Waals surface area contributed by atoms with Crippen LogP contribution in [-0.2, 0) is 12.7 Å². The standard InChI is InChI=1S/C21H17F3N2S/c1-4-15-5-11-18(12-6-15)26(3)13-19-14(2)25-20(27-19)16-7-9-17(10-8-16)21(22,23)24/h1,5-12H,13H2,2-3H3. The number of rotatable bonds is 4. The molecule has 0 aliphatic heterocycles. The second-order valence-electron chi connectivity index (χ2n) is 6.15. The van der Waals surface area contributed by atoms with Crippen LogP contribution >= 0.6 is 11.3 Å². The molecule has 0 fully saturated rings. The summed E-state index contributed by atoms with van der Waals surface area (Å²) in [6, 6.07) is 12.8. The van der Waals surface area contributed by atoms with Gasteiger partial charge >= 0.3 is 6.18 Å². The molecule has 6 heteroatoms. The van der Waals surface area contributed by atoms with Crippen molar-refractivity contribution in [2.75, 3.05) is 11.9 Å². The van der Waals surface area contributed by atoms with E-state index in [1.807, 2.05) is 38.2 Å². The van der Waals surface area contributed by atoms with Crippen LogP contribution in [0.25, 0.3) is 10.6 Å². The van der Waals surface area contributed by atoms with Gasteiger partial charge in [0.2, 0.25) is 0 Å². The number of thiazole rings is 1. The molecule has 0 amide bonds. The van der Waals surface area contributed by atoms with Crippen molar-refractivity contribution in [3.8, 4) is 22.9 Å². The summed E-state index contributed by atoms with van der Waals surface area (Å²) in [6.45, 7) is 2.56. The molecule has 0 saturated heterocycles. The SMILES string of the molecule is C#Cc1ccc(N(C)Cc2sc(-c3ccc(C(F)(F)F)cc3)nc2C)cc1. The summed E-state index contributed by atoms with van der Waals surface area (Å²) < 4.78 is 38.1. The summed E-state index contributed by atoms with van der Waals surface area (Å²) in [6.07, 6.45) is 1.04. The van der Waals surface area contributed by atoms with Gasteiger partial charge in [-0.2, -0.15) is 13.2 Å². The van der Waals surface area contributed by atoms with E-state index in [1.54, 1.807) is 0 Å². The van der Waals surface area contributed by atoms with Gasteiger partial charge in [0.05, 0.1) is 17.8 Å². The fraction of sp³-hybridized carbons (Fsp3) is 0.190. The number of aromatic nitrogens is 1. The molecule has 0 spiro atoms. The Morgan fingerprint density at radius 2 is 1.70 bits per heavy atom. The molecule has 0 aliphatic rings. The van der Waals surface area contributed by atoms with Crippen LogP contribution in [0.4, 0.5) is 18.9 Å². The molecular weight excluding hydrogens is 369 g/mol. The van der Waals surface area contributed by atoms with Crippen molar-refractivity contribution in [2.45, 2.75) is 19.6 Å². The van der Waals surface area contributed by atoms with Crippen LogP contribution in [0.1, 0.15) is 21.7 Å². The summed E-state index contributed by atoms with van der Waals surface area (Å²) in [7, 11) is 1.97. The lowest BCUT2D eigenvalue weighted by molar-refractivity contribution is -0.137. The fourth-order valence-corrected chi connectivity index (χ4v) is 3.74. The minimum atomic E-state index is -4.33. The largest absolute Gasteiger partial charge is 0.416 e. The van der Waals surface area contributed by atoms with Crippen LogP contribution in [0.3, 0.4) is 0 Å². The van der Waals surface area contributed by atoms with Crippen LogP contribution in [-0.4, -0.2) is 12.0 Å². The van der Waals surface area contributed by atoms with Crippen molar-refractivity contribution in [3.05, 3.63) is 70.2 Å². The molecule has 0 aliphatic carbocycles. The smallest absolute Gasteiger partial charge is 0.369 e. The molecule has 2 aromatic carbocycles. The average molecular weight is 386 g/mol. The maximum atomic E-state index is 12.7. The highest BCUT2D eigenvalue weighted by Crippen LogP contribution is 2.33. The first-order valence-corrected chi connectivity index (χ1v) is 9.01. The average Bonchev–Trinajstić information content (AvgIpc) is 3.01. The Morgan fingerprint density at radius 1 is 1.07 bits per heavy atom. The molecule has 27 heavy (non-hydrogen) atoms. The van der Waals surface area contributed by atoms with Gasteiger partial charge in [0, 0.05) is 28.7 Å². The van der Waals surface area contributed by atoms with E-state index in [4.69, 9.17) is 6.42 Å². The second-order valence-corrected chi connectivity index (χ2v) is 7.23. The molecule has 3 rings (SSSR count).